The molecule has 0 spiro atoms. The van der Waals surface area contributed by atoms with Crippen molar-refractivity contribution >= 4 is 5.78 Å². The van der Waals surface area contributed by atoms with Crippen LogP contribution >= 0.6 is 0 Å². The summed E-state index contributed by atoms with van der Waals surface area (Å²) in [5.41, 5.74) is 0.525. The van der Waals surface area contributed by atoms with Crippen LogP contribution in [0.2, 0.25) is 0 Å². The monoisotopic (exact) mass is 207 g/mol. The van der Waals surface area contributed by atoms with Crippen molar-refractivity contribution in [2.45, 2.75) is 26.7 Å². The lowest BCUT2D eigenvalue weighted by molar-refractivity contribution is -0.318. The zero-order valence-corrected chi connectivity index (χ0v) is 9.29. The van der Waals surface area contributed by atoms with E-state index in [9.17, 15) is 9.90 Å². The molecule has 15 heavy (non-hydrogen) atoms. The maximum absolute atomic E-state index is 12.0. The van der Waals surface area contributed by atoms with E-state index in [1.54, 1.807) is 0 Å². The first-order valence-electron chi connectivity index (χ1n) is 5.19. The summed E-state index contributed by atoms with van der Waals surface area (Å²) in [6.45, 7) is 4.05. The van der Waals surface area contributed by atoms with Crippen LogP contribution in [0.1, 0.15) is 26.7 Å². The van der Waals surface area contributed by atoms with E-state index in [0.29, 0.717) is 17.8 Å². The average Bonchev–Trinajstić information content (AvgIpc) is 2.13. The number of rotatable bonds is 1. The van der Waals surface area contributed by atoms with Crippen molar-refractivity contribution in [2.24, 2.45) is 11.3 Å². The van der Waals surface area contributed by atoms with Gasteiger partial charge in [-0.3, -0.25) is 4.79 Å². The van der Waals surface area contributed by atoms with E-state index in [-0.39, 0.29) is 17.0 Å². The van der Waals surface area contributed by atoms with Crippen LogP contribution in [0.3, 0.4) is 0 Å². The minimum Gasteiger partial charge on any atom is -0.875 e. The van der Waals surface area contributed by atoms with Crippen molar-refractivity contribution in [3.63, 3.8) is 0 Å². The highest BCUT2D eigenvalue weighted by molar-refractivity contribution is 5.96. The highest BCUT2D eigenvalue weighted by Gasteiger charge is 2.39. The minimum absolute atomic E-state index is 0.0319. The van der Waals surface area contributed by atoms with Crippen LogP contribution in [0, 0.1) is 11.3 Å². The van der Waals surface area contributed by atoms with Gasteiger partial charge in [-0.1, -0.05) is 13.8 Å². The first-order chi connectivity index (χ1) is 6.97. The van der Waals surface area contributed by atoms with Gasteiger partial charge in [-0.15, -0.1) is 5.76 Å². The molecule has 82 valence electrons. The van der Waals surface area contributed by atoms with Crippen LogP contribution in [-0.4, -0.2) is 12.9 Å². The molecule has 2 rings (SSSR count). The zero-order chi connectivity index (χ0) is 11.2. The molecular weight excluding hydrogens is 192 g/mol. The van der Waals surface area contributed by atoms with E-state index in [4.69, 9.17) is 4.74 Å². The highest BCUT2D eigenvalue weighted by atomic mass is 16.5. The summed E-state index contributed by atoms with van der Waals surface area (Å²) in [7, 11) is 1.50. The second-order valence-electron chi connectivity index (χ2n) is 4.83. The van der Waals surface area contributed by atoms with E-state index in [2.05, 4.69) is 0 Å². The van der Waals surface area contributed by atoms with Gasteiger partial charge in [0.15, 0.2) is 5.78 Å². The largest absolute Gasteiger partial charge is 0.875 e. The maximum Gasteiger partial charge on any atom is 0.165 e. The molecule has 0 aromatic heterocycles. The standard InChI is InChI=1S/C12H16O3/c1-12(2)5-4-7-8(13)6-9(15-3)10(12)11(7)14/h6-7,14H,4-5H2,1-3H3/p-1. The molecule has 0 heterocycles. The first kappa shape index (κ1) is 10.3. The van der Waals surface area contributed by atoms with Crippen molar-refractivity contribution in [3.8, 4) is 0 Å². The molecule has 2 aliphatic carbocycles. The van der Waals surface area contributed by atoms with Gasteiger partial charge in [-0.05, 0) is 23.8 Å². The second kappa shape index (κ2) is 3.12. The molecule has 0 aromatic carbocycles. The Hall–Kier alpha value is -1.25. The number of hydrogen-bond acceptors (Lipinski definition) is 3. The second-order valence-corrected chi connectivity index (χ2v) is 4.83. The Balaban J connectivity index is 2.56. The number of ketones is 1. The van der Waals surface area contributed by atoms with E-state index >= 15 is 0 Å². The lowest BCUT2D eigenvalue weighted by atomic mass is 9.67. The number of allylic oxidation sites excluding steroid dienone is 3. The van der Waals surface area contributed by atoms with Gasteiger partial charge in [0.1, 0.15) is 5.76 Å². The summed E-state index contributed by atoms with van der Waals surface area (Å²) in [5, 5.41) is 12.0. The molecule has 1 atom stereocenters. The predicted molar refractivity (Wildman–Crippen MR) is 53.6 cm³/mol. The number of fused-ring (bicyclic) bond motifs is 1. The van der Waals surface area contributed by atoms with E-state index in [1.807, 2.05) is 13.8 Å². The SMILES string of the molecule is COC1=CC(=O)C2CCC(C)(C)C1=C2[O-]. The average molecular weight is 207 g/mol. The number of methoxy groups -OCH3 is 1. The van der Waals surface area contributed by atoms with Gasteiger partial charge < -0.3 is 9.84 Å². The molecule has 0 saturated heterocycles. The first-order valence-corrected chi connectivity index (χ1v) is 5.19. The number of carbonyl (C=O) groups is 1. The third kappa shape index (κ3) is 1.37. The Morgan fingerprint density at radius 1 is 1.53 bits per heavy atom. The lowest BCUT2D eigenvalue weighted by Gasteiger charge is -2.44. The number of carbonyl (C=O) groups excluding carboxylic acids is 1. The van der Waals surface area contributed by atoms with E-state index < -0.39 is 5.92 Å². The van der Waals surface area contributed by atoms with Crippen LogP contribution in [0.4, 0.5) is 0 Å². The van der Waals surface area contributed by atoms with Gasteiger partial charge in [0, 0.05) is 12.0 Å². The van der Waals surface area contributed by atoms with Crippen molar-refractivity contribution < 1.29 is 14.6 Å². The summed E-state index contributed by atoms with van der Waals surface area (Å²) in [6.07, 6.45) is 3.01. The smallest absolute Gasteiger partial charge is 0.165 e. The van der Waals surface area contributed by atoms with Crippen LogP contribution < -0.4 is 5.11 Å². The molecule has 2 bridgehead atoms. The third-order valence-corrected chi connectivity index (χ3v) is 3.38. The molecule has 0 aliphatic heterocycles. The Morgan fingerprint density at radius 3 is 2.80 bits per heavy atom. The Morgan fingerprint density at radius 2 is 2.20 bits per heavy atom. The molecule has 0 aromatic rings. The molecule has 0 radical (unpaired) electrons. The molecule has 0 N–H and O–H groups in total. The van der Waals surface area contributed by atoms with Crippen molar-refractivity contribution in [1.82, 2.24) is 0 Å². The fourth-order valence-electron chi connectivity index (χ4n) is 2.46. The summed E-state index contributed by atoms with van der Waals surface area (Å²) >= 11 is 0. The maximum atomic E-state index is 12.0. The highest BCUT2D eigenvalue weighted by Crippen LogP contribution is 2.47. The molecule has 0 saturated carbocycles. The minimum atomic E-state index is -0.438. The predicted octanol–water partition coefficient (Wildman–Crippen LogP) is 1.15. The molecule has 2 aliphatic rings. The topological polar surface area (TPSA) is 49.4 Å². The fraction of sp³-hybridized carbons (Fsp3) is 0.583. The summed E-state index contributed by atoms with van der Waals surface area (Å²) in [5.74, 6) is -0.107. The quantitative estimate of drug-likeness (QED) is 0.648. The summed E-state index contributed by atoms with van der Waals surface area (Å²) < 4.78 is 5.14. The van der Waals surface area contributed by atoms with Crippen LogP contribution in [0.15, 0.2) is 23.2 Å². The van der Waals surface area contributed by atoms with Crippen molar-refractivity contribution in [1.29, 1.82) is 0 Å². The zero-order valence-electron chi connectivity index (χ0n) is 9.29. The van der Waals surface area contributed by atoms with E-state index in [1.165, 1.54) is 13.2 Å². The van der Waals surface area contributed by atoms with Crippen molar-refractivity contribution in [2.75, 3.05) is 7.11 Å². The Bertz CT molecular complexity index is 374. The fourth-order valence-corrected chi connectivity index (χ4v) is 2.46. The van der Waals surface area contributed by atoms with Crippen LogP contribution in [0.5, 0.6) is 0 Å². The molecule has 1 unspecified atom stereocenters. The molecule has 3 nitrogen and oxygen atoms in total. The number of hydrogen-bond donors (Lipinski definition) is 0. The van der Waals surface area contributed by atoms with Gasteiger partial charge in [0.25, 0.3) is 0 Å². The molecule has 0 fully saturated rings. The Labute approximate surface area is 89.4 Å². The van der Waals surface area contributed by atoms with Gasteiger partial charge in [0.2, 0.25) is 0 Å². The van der Waals surface area contributed by atoms with E-state index in [0.717, 1.165) is 6.42 Å². The van der Waals surface area contributed by atoms with Gasteiger partial charge in [0.05, 0.1) is 7.11 Å². The lowest BCUT2D eigenvalue weighted by Crippen LogP contribution is -2.38. The summed E-state index contributed by atoms with van der Waals surface area (Å²) in [6, 6.07) is 0. The molecular formula is C12H15O3-. The normalized spacial score (nSPS) is 28.9. The van der Waals surface area contributed by atoms with Gasteiger partial charge in [-0.25, -0.2) is 0 Å². The van der Waals surface area contributed by atoms with Crippen molar-refractivity contribution in [3.05, 3.63) is 23.2 Å². The van der Waals surface area contributed by atoms with Crippen LogP contribution in [-0.2, 0) is 9.53 Å². The van der Waals surface area contributed by atoms with Gasteiger partial charge in [-0.2, -0.15) is 0 Å². The molecule has 3 heteroatoms. The molecule has 0 amide bonds. The third-order valence-electron chi connectivity index (χ3n) is 3.38. The van der Waals surface area contributed by atoms with Gasteiger partial charge >= 0.3 is 0 Å². The Kier molecular flexibility index (Phi) is 2.14. The van der Waals surface area contributed by atoms with Crippen LogP contribution in [0.25, 0.3) is 0 Å². The summed E-state index contributed by atoms with van der Waals surface area (Å²) in [4.78, 5) is 11.6. The number of ether oxygens (including phenoxy) is 1.